The third kappa shape index (κ3) is 6.87. The summed E-state index contributed by atoms with van der Waals surface area (Å²) in [5, 5.41) is 27.3. The zero-order valence-electron chi connectivity index (χ0n) is 24.0. The lowest BCUT2D eigenvalue weighted by Crippen LogP contribution is -2.63. The number of anilines is 3. The maximum absolute atomic E-state index is 14.0. The van der Waals surface area contributed by atoms with Gasteiger partial charge in [-0.25, -0.2) is 4.79 Å². The number of carbonyl (C=O) groups is 3. The quantitative estimate of drug-likeness (QED) is 0.0788. The summed E-state index contributed by atoms with van der Waals surface area (Å²) < 4.78 is 0. The first-order valence-electron chi connectivity index (χ1n) is 14.0. The van der Waals surface area contributed by atoms with Crippen molar-refractivity contribution in [3.63, 3.8) is 0 Å². The molecule has 0 bridgehead atoms. The van der Waals surface area contributed by atoms with E-state index in [1.54, 1.807) is 60.7 Å². The minimum Gasteiger partial charge on any atom is -0.478 e. The minimum atomic E-state index is -1.06. The van der Waals surface area contributed by atoms with Crippen LogP contribution >= 0.6 is 0 Å². The van der Waals surface area contributed by atoms with E-state index < -0.39 is 23.5 Å². The van der Waals surface area contributed by atoms with Gasteiger partial charge in [0.1, 0.15) is 11.5 Å². The summed E-state index contributed by atoms with van der Waals surface area (Å²) in [5.41, 5.74) is 19.6. The molecule has 12 heteroatoms. The van der Waals surface area contributed by atoms with Crippen LogP contribution in [-0.4, -0.2) is 61.1 Å². The van der Waals surface area contributed by atoms with Crippen molar-refractivity contribution in [1.82, 2.24) is 5.32 Å². The monoisotopic (exact) mass is 586 g/mol. The van der Waals surface area contributed by atoms with Crippen LogP contribution in [0.3, 0.4) is 0 Å². The second-order valence-electron chi connectivity index (χ2n) is 10.6. The lowest BCUT2D eigenvalue weighted by atomic mass is 9.84. The van der Waals surface area contributed by atoms with E-state index in [2.05, 4.69) is 16.0 Å². The molecule has 0 fully saturated rings. The number of nitrogens with one attached hydrogen (secondary N) is 4. The summed E-state index contributed by atoms with van der Waals surface area (Å²) in [7, 11) is 1.87. The Morgan fingerprint density at radius 1 is 0.977 bits per heavy atom. The van der Waals surface area contributed by atoms with Crippen molar-refractivity contribution in [2.45, 2.75) is 24.9 Å². The van der Waals surface area contributed by atoms with Gasteiger partial charge in [-0.15, -0.1) is 0 Å². The van der Waals surface area contributed by atoms with Gasteiger partial charge in [0.15, 0.2) is 0 Å². The Morgan fingerprint density at radius 3 is 2.23 bits per heavy atom. The zero-order chi connectivity index (χ0) is 31.1. The van der Waals surface area contributed by atoms with Crippen molar-refractivity contribution in [2.24, 2.45) is 23.1 Å². The molecule has 2 amide bonds. The first-order valence-corrected chi connectivity index (χ1v) is 14.0. The average Bonchev–Trinajstić information content (AvgIpc) is 3.28. The van der Waals surface area contributed by atoms with Gasteiger partial charge < -0.3 is 43.2 Å². The fourth-order valence-electron chi connectivity index (χ4n) is 5.33. The van der Waals surface area contributed by atoms with Gasteiger partial charge >= 0.3 is 5.97 Å². The van der Waals surface area contributed by atoms with Crippen LogP contribution in [0.1, 0.15) is 44.7 Å². The Labute approximate surface area is 250 Å². The second kappa shape index (κ2) is 13.3. The Bertz CT molecular complexity index is 1490. The summed E-state index contributed by atoms with van der Waals surface area (Å²) in [4.78, 5) is 39.4. The van der Waals surface area contributed by atoms with Crippen LogP contribution in [0.5, 0.6) is 0 Å². The highest BCUT2D eigenvalue weighted by Gasteiger charge is 2.50. The van der Waals surface area contributed by atoms with Gasteiger partial charge in [-0.05, 0) is 86.0 Å². The largest absolute Gasteiger partial charge is 0.478 e. The van der Waals surface area contributed by atoms with Gasteiger partial charge in [0.2, 0.25) is 11.8 Å². The predicted octanol–water partition coefficient (Wildman–Crippen LogP) is 2.15. The predicted molar refractivity (Wildman–Crippen MR) is 168 cm³/mol. The smallest absolute Gasteiger partial charge is 0.335 e. The Kier molecular flexibility index (Phi) is 9.51. The number of rotatable bonds is 14. The lowest BCUT2D eigenvalue weighted by Gasteiger charge is -2.43. The summed E-state index contributed by atoms with van der Waals surface area (Å²) >= 11 is 0. The molecular formula is C31H38N8O4. The normalized spacial score (nSPS) is 16.1. The molecule has 2 unspecified atom stereocenters. The number of likely N-dealkylation sites (N-methyl/N-ethyl adjacent to an activating group) is 1. The van der Waals surface area contributed by atoms with Crippen molar-refractivity contribution >= 4 is 40.7 Å². The van der Waals surface area contributed by atoms with E-state index >= 15 is 0 Å². The van der Waals surface area contributed by atoms with Crippen molar-refractivity contribution in [1.29, 1.82) is 5.41 Å². The Hall–Kier alpha value is -5.10. The number of nitrogens with two attached hydrogens (primary N) is 3. The SMILES string of the molecule is CN1c2ccc(C(=O)O)cc2NC1(CNc1ccc(C(=N)N)cc1)C(Cc1ccc(C(N)=O)cc1)C(=O)NCCCCN. The van der Waals surface area contributed by atoms with E-state index in [1.807, 2.05) is 11.9 Å². The molecular weight excluding hydrogens is 548 g/mol. The Balaban J connectivity index is 1.75. The van der Waals surface area contributed by atoms with Gasteiger partial charge in [-0.3, -0.25) is 15.0 Å². The fourth-order valence-corrected chi connectivity index (χ4v) is 5.33. The third-order valence-electron chi connectivity index (χ3n) is 7.81. The van der Waals surface area contributed by atoms with Crippen molar-refractivity contribution in [3.8, 4) is 0 Å². The van der Waals surface area contributed by atoms with Gasteiger partial charge in [-0.1, -0.05) is 12.1 Å². The molecule has 11 N–H and O–H groups in total. The molecule has 12 nitrogen and oxygen atoms in total. The molecule has 4 rings (SSSR count). The molecule has 0 saturated carbocycles. The van der Waals surface area contributed by atoms with Crippen LogP contribution in [0, 0.1) is 11.3 Å². The van der Waals surface area contributed by atoms with E-state index in [-0.39, 0.29) is 23.9 Å². The average molecular weight is 587 g/mol. The summed E-state index contributed by atoms with van der Waals surface area (Å²) in [6.45, 7) is 1.20. The van der Waals surface area contributed by atoms with Crippen LogP contribution < -0.4 is 38.1 Å². The number of unbranched alkanes of at least 4 members (excludes halogenated alkanes) is 1. The fraction of sp³-hybridized carbons (Fsp3) is 0.290. The van der Waals surface area contributed by atoms with Crippen molar-refractivity contribution in [2.75, 3.05) is 42.2 Å². The number of amidine groups is 1. The number of fused-ring (bicyclic) bond motifs is 1. The summed E-state index contributed by atoms with van der Waals surface area (Å²) in [6, 6.07) is 18.7. The van der Waals surface area contributed by atoms with E-state index in [9.17, 15) is 19.5 Å². The molecule has 1 aliphatic heterocycles. The van der Waals surface area contributed by atoms with Crippen LogP contribution in [0.2, 0.25) is 0 Å². The van der Waals surface area contributed by atoms with Crippen LogP contribution in [0.25, 0.3) is 0 Å². The van der Waals surface area contributed by atoms with Gasteiger partial charge in [0.25, 0.3) is 0 Å². The third-order valence-corrected chi connectivity index (χ3v) is 7.81. The van der Waals surface area contributed by atoms with Gasteiger partial charge in [0, 0.05) is 30.4 Å². The molecule has 1 heterocycles. The highest BCUT2D eigenvalue weighted by atomic mass is 16.4. The standard InChI is InChI=1S/C31H38N8O4/c1-39-26-13-10-22(30(42)43)17-25(26)38-31(39,18-37-23-11-8-20(9-12-23)27(33)34)24(29(41)36-15-3-2-14-32)16-19-4-6-21(7-5-19)28(35)40/h4-13,17,24,37-38H,2-3,14-16,18,32H2,1H3,(H3,33,34)(H2,35,40)(H,36,41)(H,42,43). The molecule has 3 aromatic carbocycles. The van der Waals surface area contributed by atoms with E-state index in [4.69, 9.17) is 22.6 Å². The molecule has 1 aliphatic rings. The molecule has 0 radical (unpaired) electrons. The topological polar surface area (TPSA) is 213 Å². The molecule has 0 saturated heterocycles. The first-order chi connectivity index (χ1) is 20.6. The van der Waals surface area contributed by atoms with Crippen molar-refractivity contribution < 1.29 is 19.5 Å². The molecule has 0 spiro atoms. The Morgan fingerprint density at radius 2 is 1.63 bits per heavy atom. The lowest BCUT2D eigenvalue weighted by molar-refractivity contribution is -0.126. The minimum absolute atomic E-state index is 0.0429. The van der Waals surface area contributed by atoms with Crippen LogP contribution in [-0.2, 0) is 11.2 Å². The highest BCUT2D eigenvalue weighted by molar-refractivity contribution is 5.95. The summed E-state index contributed by atoms with van der Waals surface area (Å²) in [6.07, 6.45) is 1.79. The maximum Gasteiger partial charge on any atom is 0.335 e. The van der Waals surface area contributed by atoms with E-state index in [0.717, 1.165) is 29.8 Å². The number of amides is 2. The van der Waals surface area contributed by atoms with Gasteiger partial charge in [0.05, 0.1) is 29.4 Å². The number of aromatic carboxylic acids is 1. The first kappa shape index (κ1) is 30.8. The number of carbonyl (C=O) groups excluding carboxylic acids is 2. The highest BCUT2D eigenvalue weighted by Crippen LogP contribution is 2.44. The summed E-state index contributed by atoms with van der Waals surface area (Å²) in [5.74, 6) is -2.54. The number of benzene rings is 3. The van der Waals surface area contributed by atoms with E-state index in [1.165, 1.54) is 6.07 Å². The van der Waals surface area contributed by atoms with Crippen LogP contribution in [0.15, 0.2) is 66.7 Å². The number of hydrogen-bond donors (Lipinski definition) is 8. The zero-order valence-corrected chi connectivity index (χ0v) is 24.0. The molecule has 3 aromatic rings. The molecule has 226 valence electrons. The number of hydrogen-bond acceptors (Lipinski definition) is 8. The maximum atomic E-state index is 14.0. The molecule has 0 aliphatic carbocycles. The molecule has 43 heavy (non-hydrogen) atoms. The number of primary amides is 1. The number of nitrogen functional groups attached to an aromatic ring is 1. The number of carboxylic acids is 1. The molecule has 0 aromatic heterocycles. The van der Waals surface area contributed by atoms with E-state index in [0.29, 0.717) is 36.3 Å². The molecule has 2 atom stereocenters. The van der Waals surface area contributed by atoms with Crippen LogP contribution in [0.4, 0.5) is 17.1 Å². The van der Waals surface area contributed by atoms with Crippen molar-refractivity contribution in [3.05, 3.63) is 89.0 Å². The number of nitrogens with zero attached hydrogens (tertiary/aromatic N) is 1. The second-order valence-corrected chi connectivity index (χ2v) is 10.6. The number of carboxylic acid groups (broad SMARTS) is 1. The van der Waals surface area contributed by atoms with Gasteiger partial charge in [-0.2, -0.15) is 0 Å².